The number of nitrogens with zero attached hydrogens (tertiary/aromatic N) is 2. The number of amidine groups is 1. The number of amides is 1. The molecule has 0 saturated carbocycles. The summed E-state index contributed by atoms with van der Waals surface area (Å²) >= 11 is 3.31. The van der Waals surface area contributed by atoms with E-state index in [0.717, 1.165) is 17.3 Å². The minimum atomic E-state index is -3.69. The molecule has 9 heteroatoms. The first kappa shape index (κ1) is 22.4. The van der Waals surface area contributed by atoms with Crippen LogP contribution in [-0.2, 0) is 21.4 Å². The predicted molar refractivity (Wildman–Crippen MR) is 117 cm³/mol. The predicted octanol–water partition coefficient (Wildman–Crippen LogP) is 3.84. The Kier molecular flexibility index (Phi) is 6.92. The van der Waals surface area contributed by atoms with Crippen molar-refractivity contribution >= 4 is 37.7 Å². The Balaban J connectivity index is 1.88. The first-order valence-corrected chi connectivity index (χ1v) is 11.9. The summed E-state index contributed by atoms with van der Waals surface area (Å²) in [6, 6.07) is 10.3. The zero-order chi connectivity index (χ0) is 21.9. The third-order valence-electron chi connectivity index (χ3n) is 4.86. The second kappa shape index (κ2) is 9.26. The van der Waals surface area contributed by atoms with Gasteiger partial charge in [-0.25, -0.2) is 12.8 Å². The van der Waals surface area contributed by atoms with Crippen LogP contribution in [0.5, 0.6) is 0 Å². The number of carbonyl (C=O) groups excluding carboxylic acids is 1. The Hall–Kier alpha value is -2.26. The van der Waals surface area contributed by atoms with Crippen molar-refractivity contribution in [3.05, 3.63) is 63.9 Å². The Morgan fingerprint density at radius 3 is 2.73 bits per heavy atom. The number of aliphatic imine (C=N–C) groups is 1. The molecule has 1 aliphatic heterocycles. The second-order valence-corrected chi connectivity index (χ2v) is 9.73. The van der Waals surface area contributed by atoms with Crippen LogP contribution in [-0.4, -0.2) is 38.2 Å². The number of hydrogen-bond donors (Lipinski definition) is 1. The monoisotopic (exact) mass is 495 g/mol. The van der Waals surface area contributed by atoms with Gasteiger partial charge >= 0.3 is 0 Å². The summed E-state index contributed by atoms with van der Waals surface area (Å²) in [5.74, 6) is -0.521. The third-order valence-corrected chi connectivity index (χ3v) is 6.75. The fraction of sp³-hybridized carbons (Fsp3) is 0.333. The van der Waals surface area contributed by atoms with E-state index >= 15 is 0 Å². The van der Waals surface area contributed by atoms with Crippen LogP contribution in [0.3, 0.4) is 0 Å². The standard InChI is InChI=1S/C21H23BrFN3O3S/c1-3-4-8-18(21(27)26(2)13-14-12-15(22)10-11-17(14)23)24-20-16-7-5-6-9-19(16)30(28,29)25-20/h5-7,9-12,18H,3-4,8,13H2,1-2H3,(H,24,25). The van der Waals surface area contributed by atoms with Crippen molar-refractivity contribution in [1.82, 2.24) is 9.62 Å². The quantitative estimate of drug-likeness (QED) is 0.633. The molecule has 3 rings (SSSR count). The molecular formula is C21H23BrFN3O3S. The van der Waals surface area contributed by atoms with Gasteiger partial charge in [-0.1, -0.05) is 47.8 Å². The van der Waals surface area contributed by atoms with Crippen LogP contribution >= 0.6 is 15.9 Å². The Labute approximate surface area is 184 Å². The van der Waals surface area contributed by atoms with Crippen LogP contribution in [0, 0.1) is 5.82 Å². The number of fused-ring (bicyclic) bond motifs is 1. The van der Waals surface area contributed by atoms with Crippen molar-refractivity contribution in [1.29, 1.82) is 0 Å². The summed E-state index contributed by atoms with van der Waals surface area (Å²) in [4.78, 5) is 19.2. The summed E-state index contributed by atoms with van der Waals surface area (Å²) in [7, 11) is -2.09. The van der Waals surface area contributed by atoms with Crippen LogP contribution in [0.25, 0.3) is 0 Å². The molecule has 1 aliphatic rings. The zero-order valence-electron chi connectivity index (χ0n) is 16.7. The number of halogens is 2. The van der Waals surface area contributed by atoms with Gasteiger partial charge in [0.25, 0.3) is 10.0 Å². The van der Waals surface area contributed by atoms with Crippen LogP contribution in [0.4, 0.5) is 4.39 Å². The van der Waals surface area contributed by atoms with Gasteiger partial charge in [0.2, 0.25) is 5.91 Å². The molecule has 1 unspecified atom stereocenters. The van der Waals surface area contributed by atoms with E-state index in [1.165, 1.54) is 17.0 Å². The first-order valence-electron chi connectivity index (χ1n) is 9.62. The number of likely N-dealkylation sites (N-methyl/N-ethyl adjacent to an activating group) is 1. The molecule has 0 aliphatic carbocycles. The topological polar surface area (TPSA) is 78.8 Å². The summed E-state index contributed by atoms with van der Waals surface area (Å²) in [6.07, 6.45) is 2.08. The van der Waals surface area contributed by atoms with E-state index in [4.69, 9.17) is 0 Å². The maximum absolute atomic E-state index is 14.1. The van der Waals surface area contributed by atoms with E-state index in [1.54, 1.807) is 37.4 Å². The van der Waals surface area contributed by atoms with Crippen molar-refractivity contribution in [3.63, 3.8) is 0 Å². The number of carbonyl (C=O) groups is 1. The SMILES string of the molecule is CCCCC(N=C1NS(=O)(=O)c2ccccc21)C(=O)N(C)Cc1cc(Br)ccc1F. The molecule has 0 fully saturated rings. The summed E-state index contributed by atoms with van der Waals surface area (Å²) < 4.78 is 42.0. The summed E-state index contributed by atoms with van der Waals surface area (Å²) in [6.45, 7) is 2.09. The van der Waals surface area contributed by atoms with Gasteiger partial charge in [-0.15, -0.1) is 0 Å². The summed E-state index contributed by atoms with van der Waals surface area (Å²) in [5, 5.41) is 0. The molecule has 0 radical (unpaired) electrons. The molecule has 1 N–H and O–H groups in total. The number of benzene rings is 2. The van der Waals surface area contributed by atoms with Crippen molar-refractivity contribution in [3.8, 4) is 0 Å². The fourth-order valence-corrected chi connectivity index (χ4v) is 4.93. The number of rotatable bonds is 7. The smallest absolute Gasteiger partial charge is 0.263 e. The fourth-order valence-electron chi connectivity index (χ4n) is 3.28. The van der Waals surface area contributed by atoms with E-state index in [9.17, 15) is 17.6 Å². The third kappa shape index (κ3) is 4.89. The van der Waals surface area contributed by atoms with Crippen LogP contribution < -0.4 is 4.72 Å². The molecule has 6 nitrogen and oxygen atoms in total. The number of hydrogen-bond acceptors (Lipinski definition) is 4. The lowest BCUT2D eigenvalue weighted by molar-refractivity contribution is -0.131. The molecule has 0 aromatic heterocycles. The number of unbranched alkanes of at least 4 members (excludes halogenated alkanes) is 1. The highest BCUT2D eigenvalue weighted by Crippen LogP contribution is 2.24. The molecule has 30 heavy (non-hydrogen) atoms. The Morgan fingerprint density at radius 2 is 2.00 bits per heavy atom. The molecule has 2 aromatic carbocycles. The Bertz CT molecular complexity index is 1090. The number of nitrogens with one attached hydrogen (secondary N) is 1. The zero-order valence-corrected chi connectivity index (χ0v) is 19.1. The second-order valence-electron chi connectivity index (χ2n) is 7.17. The van der Waals surface area contributed by atoms with Crippen molar-refractivity contribution < 1.29 is 17.6 Å². The molecule has 1 heterocycles. The largest absolute Gasteiger partial charge is 0.339 e. The van der Waals surface area contributed by atoms with Crippen LogP contribution in [0.15, 0.2) is 56.8 Å². The van der Waals surface area contributed by atoms with Gasteiger partial charge in [-0.2, -0.15) is 0 Å². The molecule has 0 saturated heterocycles. The van der Waals surface area contributed by atoms with Crippen LogP contribution in [0.1, 0.15) is 37.3 Å². The molecule has 1 atom stereocenters. The van der Waals surface area contributed by atoms with Crippen molar-refractivity contribution in [2.24, 2.45) is 4.99 Å². The first-order chi connectivity index (χ1) is 14.2. The van der Waals surface area contributed by atoms with Gasteiger partial charge in [0.15, 0.2) is 0 Å². The normalized spacial score (nSPS) is 16.7. The van der Waals surface area contributed by atoms with E-state index in [2.05, 4.69) is 25.6 Å². The molecule has 0 bridgehead atoms. The van der Waals surface area contributed by atoms with E-state index in [-0.39, 0.29) is 23.2 Å². The maximum atomic E-state index is 14.1. The molecule has 160 valence electrons. The molecular weight excluding hydrogens is 473 g/mol. The van der Waals surface area contributed by atoms with Crippen molar-refractivity contribution in [2.75, 3.05) is 7.05 Å². The van der Waals surface area contributed by atoms with E-state index in [1.807, 2.05) is 6.92 Å². The number of sulfonamides is 1. The van der Waals surface area contributed by atoms with Gasteiger partial charge < -0.3 is 4.90 Å². The van der Waals surface area contributed by atoms with Gasteiger partial charge in [0.05, 0.1) is 4.90 Å². The lowest BCUT2D eigenvalue weighted by Gasteiger charge is -2.22. The van der Waals surface area contributed by atoms with Crippen LogP contribution in [0.2, 0.25) is 0 Å². The minimum absolute atomic E-state index is 0.0832. The lowest BCUT2D eigenvalue weighted by Crippen LogP contribution is -2.37. The van der Waals surface area contributed by atoms with Crippen molar-refractivity contribution in [2.45, 2.75) is 43.7 Å². The minimum Gasteiger partial charge on any atom is -0.339 e. The van der Waals surface area contributed by atoms with Gasteiger partial charge in [0.1, 0.15) is 17.7 Å². The Morgan fingerprint density at radius 1 is 1.27 bits per heavy atom. The van der Waals surface area contributed by atoms with Gasteiger partial charge in [-0.05, 0) is 36.8 Å². The maximum Gasteiger partial charge on any atom is 0.263 e. The highest BCUT2D eigenvalue weighted by atomic mass is 79.9. The van der Waals surface area contributed by atoms with E-state index < -0.39 is 21.9 Å². The molecule has 1 amide bonds. The van der Waals surface area contributed by atoms with Gasteiger partial charge in [-0.3, -0.25) is 14.5 Å². The molecule has 0 spiro atoms. The summed E-state index contributed by atoms with van der Waals surface area (Å²) in [5.41, 5.74) is 0.835. The average Bonchev–Trinajstić information content (AvgIpc) is 2.97. The lowest BCUT2D eigenvalue weighted by atomic mass is 10.1. The highest BCUT2D eigenvalue weighted by molar-refractivity contribution is 9.10. The van der Waals surface area contributed by atoms with E-state index in [0.29, 0.717) is 17.5 Å². The van der Waals surface area contributed by atoms with Gasteiger partial charge in [0, 0.05) is 29.2 Å². The highest BCUT2D eigenvalue weighted by Gasteiger charge is 2.32. The molecule has 2 aromatic rings. The average molecular weight is 496 g/mol.